The van der Waals surface area contributed by atoms with E-state index in [1.165, 1.54) is 5.56 Å². The van der Waals surface area contributed by atoms with E-state index in [2.05, 4.69) is 41.0 Å². The second-order valence-corrected chi connectivity index (χ2v) is 6.67. The molecule has 2 aliphatic rings. The molecule has 0 atom stereocenters. The molecule has 1 aromatic rings. The second kappa shape index (κ2) is 7.79. The lowest BCUT2D eigenvalue weighted by atomic mass is 9.74. The highest BCUT2D eigenvalue weighted by Gasteiger charge is 2.33. The van der Waals surface area contributed by atoms with Gasteiger partial charge in [0.05, 0.1) is 13.2 Å². The average molecular weight is 317 g/mol. The molecule has 2 N–H and O–H groups in total. The van der Waals surface area contributed by atoms with E-state index in [1.54, 1.807) is 0 Å². The van der Waals surface area contributed by atoms with Crippen LogP contribution < -0.4 is 10.6 Å². The van der Waals surface area contributed by atoms with Crippen LogP contribution in [0, 0.1) is 5.41 Å². The number of morpholine rings is 1. The van der Waals surface area contributed by atoms with Gasteiger partial charge in [-0.05, 0) is 43.3 Å². The third-order valence-electron chi connectivity index (χ3n) is 5.00. The van der Waals surface area contributed by atoms with Crippen LogP contribution in [0.1, 0.15) is 18.4 Å². The topological polar surface area (TPSA) is 53.6 Å². The Labute approximate surface area is 138 Å². The molecule has 0 bridgehead atoms. The number of amides is 2. The predicted molar refractivity (Wildman–Crippen MR) is 90.5 cm³/mol. The van der Waals surface area contributed by atoms with Crippen molar-refractivity contribution in [1.82, 2.24) is 15.5 Å². The number of urea groups is 1. The fourth-order valence-corrected chi connectivity index (χ4v) is 3.54. The summed E-state index contributed by atoms with van der Waals surface area (Å²) in [5, 5.41) is 6.62. The molecule has 2 aliphatic heterocycles. The maximum atomic E-state index is 12.4. The van der Waals surface area contributed by atoms with Crippen molar-refractivity contribution < 1.29 is 9.53 Å². The van der Waals surface area contributed by atoms with Crippen molar-refractivity contribution in [3.63, 3.8) is 0 Å². The maximum Gasteiger partial charge on any atom is 0.317 e. The monoisotopic (exact) mass is 317 g/mol. The van der Waals surface area contributed by atoms with Gasteiger partial charge in [0, 0.05) is 19.6 Å². The highest BCUT2D eigenvalue weighted by molar-refractivity contribution is 5.74. The second-order valence-electron chi connectivity index (χ2n) is 6.67. The Morgan fingerprint density at radius 3 is 2.57 bits per heavy atom. The summed E-state index contributed by atoms with van der Waals surface area (Å²) >= 11 is 0. The molecular formula is C18H27N3O2. The molecular weight excluding hydrogens is 290 g/mol. The van der Waals surface area contributed by atoms with Crippen LogP contribution in [0.3, 0.4) is 0 Å². The first-order chi connectivity index (χ1) is 11.3. The Bertz CT molecular complexity index is 494. The van der Waals surface area contributed by atoms with Crippen molar-refractivity contribution in [1.29, 1.82) is 0 Å². The Hall–Kier alpha value is -1.59. The van der Waals surface area contributed by atoms with Gasteiger partial charge in [0.1, 0.15) is 0 Å². The molecule has 0 radical (unpaired) electrons. The normalized spacial score (nSPS) is 21.0. The molecule has 2 saturated heterocycles. The number of nitrogens with one attached hydrogen (secondary N) is 2. The van der Waals surface area contributed by atoms with E-state index in [9.17, 15) is 4.79 Å². The molecule has 0 saturated carbocycles. The van der Waals surface area contributed by atoms with Crippen molar-refractivity contribution in [2.24, 2.45) is 5.41 Å². The van der Waals surface area contributed by atoms with E-state index in [-0.39, 0.29) is 11.4 Å². The van der Waals surface area contributed by atoms with E-state index in [0.717, 1.165) is 38.9 Å². The zero-order valence-corrected chi connectivity index (χ0v) is 13.7. The molecule has 5 heteroatoms. The van der Waals surface area contributed by atoms with E-state index in [1.807, 2.05) is 4.90 Å². The Morgan fingerprint density at radius 2 is 1.87 bits per heavy atom. The van der Waals surface area contributed by atoms with Crippen LogP contribution in [-0.4, -0.2) is 56.9 Å². The largest absolute Gasteiger partial charge is 0.378 e. The number of piperidine rings is 1. The molecule has 1 aromatic carbocycles. The molecule has 3 rings (SSSR count). The van der Waals surface area contributed by atoms with Crippen LogP contribution in [0.5, 0.6) is 0 Å². The summed E-state index contributed by atoms with van der Waals surface area (Å²) in [6.45, 7) is 5.48. The first-order valence-corrected chi connectivity index (χ1v) is 8.63. The fourth-order valence-electron chi connectivity index (χ4n) is 3.54. The summed E-state index contributed by atoms with van der Waals surface area (Å²) in [6, 6.07) is 10.7. The number of carbonyl (C=O) groups is 1. The maximum absolute atomic E-state index is 12.4. The molecule has 0 spiro atoms. The van der Waals surface area contributed by atoms with Gasteiger partial charge in [-0.25, -0.2) is 4.79 Å². The lowest BCUT2D eigenvalue weighted by molar-refractivity contribution is 0.0519. The van der Waals surface area contributed by atoms with Crippen LogP contribution in [0.25, 0.3) is 0 Å². The van der Waals surface area contributed by atoms with Gasteiger partial charge >= 0.3 is 6.03 Å². The highest BCUT2D eigenvalue weighted by Crippen LogP contribution is 2.32. The fraction of sp³-hybridized carbons (Fsp3) is 0.611. The number of nitrogens with zero attached hydrogens (tertiary/aromatic N) is 1. The van der Waals surface area contributed by atoms with E-state index in [0.29, 0.717) is 26.3 Å². The third kappa shape index (κ3) is 4.45. The van der Waals surface area contributed by atoms with Crippen molar-refractivity contribution in [2.45, 2.75) is 19.3 Å². The number of hydrogen-bond acceptors (Lipinski definition) is 3. The number of benzene rings is 1. The molecule has 23 heavy (non-hydrogen) atoms. The molecule has 2 heterocycles. The standard InChI is InChI=1S/C18H27N3O2/c22-17(21-10-12-23-13-11-21)20-15-18(6-8-19-9-7-18)14-16-4-2-1-3-5-16/h1-5,19H,6-15H2,(H,20,22). The van der Waals surface area contributed by atoms with Gasteiger partial charge in [0.25, 0.3) is 0 Å². The Balaban J connectivity index is 1.61. The zero-order chi connectivity index (χ0) is 16.0. The number of ether oxygens (including phenoxy) is 1. The van der Waals surface area contributed by atoms with E-state index < -0.39 is 0 Å². The van der Waals surface area contributed by atoms with Gasteiger partial charge in [-0.15, -0.1) is 0 Å². The van der Waals surface area contributed by atoms with Crippen LogP contribution in [0.4, 0.5) is 4.79 Å². The molecule has 2 amide bonds. The predicted octanol–water partition coefficient (Wildman–Crippen LogP) is 1.64. The lowest BCUT2D eigenvalue weighted by Crippen LogP contribution is -2.51. The minimum Gasteiger partial charge on any atom is -0.378 e. The van der Waals surface area contributed by atoms with Crippen LogP contribution in [-0.2, 0) is 11.2 Å². The van der Waals surface area contributed by atoms with Crippen LogP contribution in [0.2, 0.25) is 0 Å². The van der Waals surface area contributed by atoms with Crippen LogP contribution >= 0.6 is 0 Å². The number of rotatable bonds is 4. The lowest BCUT2D eigenvalue weighted by Gasteiger charge is -2.39. The van der Waals surface area contributed by atoms with Crippen molar-refractivity contribution in [2.75, 3.05) is 45.9 Å². The van der Waals surface area contributed by atoms with Gasteiger partial charge < -0.3 is 20.3 Å². The average Bonchev–Trinajstić information content (AvgIpc) is 2.62. The van der Waals surface area contributed by atoms with Gasteiger partial charge in [0.2, 0.25) is 0 Å². The van der Waals surface area contributed by atoms with Crippen LogP contribution in [0.15, 0.2) is 30.3 Å². The third-order valence-corrected chi connectivity index (χ3v) is 5.00. The van der Waals surface area contributed by atoms with E-state index >= 15 is 0 Å². The first kappa shape index (κ1) is 16.3. The summed E-state index contributed by atoms with van der Waals surface area (Å²) in [4.78, 5) is 14.2. The summed E-state index contributed by atoms with van der Waals surface area (Å²) in [7, 11) is 0. The SMILES string of the molecule is O=C(NCC1(Cc2ccccc2)CCNCC1)N1CCOCC1. The van der Waals surface area contributed by atoms with Gasteiger partial charge in [-0.2, -0.15) is 0 Å². The molecule has 0 aliphatic carbocycles. The summed E-state index contributed by atoms with van der Waals surface area (Å²) in [5.74, 6) is 0. The molecule has 0 aromatic heterocycles. The van der Waals surface area contributed by atoms with Crippen molar-refractivity contribution in [3.05, 3.63) is 35.9 Å². The molecule has 5 nitrogen and oxygen atoms in total. The smallest absolute Gasteiger partial charge is 0.317 e. The van der Waals surface area contributed by atoms with Crippen molar-refractivity contribution in [3.8, 4) is 0 Å². The minimum absolute atomic E-state index is 0.0549. The number of carbonyl (C=O) groups excluding carboxylic acids is 1. The minimum atomic E-state index is 0.0549. The first-order valence-electron chi connectivity index (χ1n) is 8.63. The Kier molecular flexibility index (Phi) is 5.51. The summed E-state index contributed by atoms with van der Waals surface area (Å²) < 4.78 is 5.31. The van der Waals surface area contributed by atoms with E-state index in [4.69, 9.17) is 4.74 Å². The molecule has 2 fully saturated rings. The highest BCUT2D eigenvalue weighted by atomic mass is 16.5. The van der Waals surface area contributed by atoms with Gasteiger partial charge in [-0.1, -0.05) is 30.3 Å². The molecule has 0 unspecified atom stereocenters. The zero-order valence-electron chi connectivity index (χ0n) is 13.7. The quantitative estimate of drug-likeness (QED) is 0.888. The van der Waals surface area contributed by atoms with Gasteiger partial charge in [0.15, 0.2) is 0 Å². The summed E-state index contributed by atoms with van der Waals surface area (Å²) in [6.07, 6.45) is 3.23. The Morgan fingerprint density at radius 1 is 1.17 bits per heavy atom. The van der Waals surface area contributed by atoms with Gasteiger partial charge in [-0.3, -0.25) is 0 Å². The number of hydrogen-bond donors (Lipinski definition) is 2. The summed E-state index contributed by atoms with van der Waals surface area (Å²) in [5.41, 5.74) is 1.52. The molecule has 126 valence electrons. The van der Waals surface area contributed by atoms with Crippen molar-refractivity contribution >= 4 is 6.03 Å².